The lowest BCUT2D eigenvalue weighted by Gasteiger charge is -2.42. The number of nitrogens with one attached hydrogen (secondary N) is 1. The average Bonchev–Trinajstić information content (AvgIpc) is 3.02. The van der Waals surface area contributed by atoms with Crippen molar-refractivity contribution in [2.75, 3.05) is 31.6 Å². The third-order valence-electron chi connectivity index (χ3n) is 8.44. The van der Waals surface area contributed by atoms with Crippen molar-refractivity contribution in [1.29, 1.82) is 5.26 Å². The fourth-order valence-corrected chi connectivity index (χ4v) is 5.87. The Hall–Kier alpha value is -4.42. The third-order valence-corrected chi connectivity index (χ3v) is 8.44. The van der Waals surface area contributed by atoms with Crippen molar-refractivity contribution in [2.24, 2.45) is 5.16 Å². The molecule has 0 saturated carbocycles. The molecule has 0 radical (unpaired) electrons. The van der Waals surface area contributed by atoms with E-state index in [1.54, 1.807) is 20.1 Å². The van der Waals surface area contributed by atoms with E-state index < -0.39 is 0 Å². The van der Waals surface area contributed by atoms with Gasteiger partial charge in [0.25, 0.3) is 5.91 Å². The first-order chi connectivity index (χ1) is 20.7. The highest BCUT2D eigenvalue weighted by Gasteiger charge is 2.28. The number of aromatic nitrogens is 1. The minimum absolute atomic E-state index is 0.197. The largest absolute Gasteiger partial charge is 0.618 e. The quantitative estimate of drug-likeness (QED) is 0.150. The van der Waals surface area contributed by atoms with Crippen molar-refractivity contribution >= 4 is 17.3 Å². The lowest BCUT2D eigenvalue weighted by Crippen LogP contribution is -2.48. The van der Waals surface area contributed by atoms with Gasteiger partial charge in [0.2, 0.25) is 5.69 Å². The zero-order valence-corrected chi connectivity index (χ0v) is 25.8. The fraction of sp³-hybridized carbons (Fsp3) is 0.412. The number of hydrogen-bond donors (Lipinski definition) is 1. The summed E-state index contributed by atoms with van der Waals surface area (Å²) in [6.07, 6.45) is 4.28. The van der Waals surface area contributed by atoms with Crippen LogP contribution < -0.4 is 14.9 Å². The van der Waals surface area contributed by atoms with Crippen LogP contribution >= 0.6 is 0 Å². The summed E-state index contributed by atoms with van der Waals surface area (Å²) < 4.78 is 0.739. The van der Waals surface area contributed by atoms with Crippen LogP contribution in [0.3, 0.4) is 0 Å². The van der Waals surface area contributed by atoms with E-state index >= 15 is 0 Å². The van der Waals surface area contributed by atoms with Gasteiger partial charge in [-0.15, -0.1) is 0 Å². The summed E-state index contributed by atoms with van der Waals surface area (Å²) in [5, 5.41) is 28.5. The van der Waals surface area contributed by atoms with Crippen molar-refractivity contribution in [2.45, 2.75) is 65.6 Å². The summed E-state index contributed by atoms with van der Waals surface area (Å²) in [6.45, 7) is 10.8. The molecule has 0 spiro atoms. The maximum absolute atomic E-state index is 12.8. The standard InChI is InChI=1S/C34H42N6O3/c1-24-14-20-40(42)27(4)33(24)34(41)36-17-13-25(2)38-18-15-32(16-19-38)39(23-29-8-6-7-28(21-29)22-35)31-11-9-30(10-12-31)26(3)37-43-5/h6-12,14,20-21,25,32H,13,15-19,23H2,1-5H3,(H,36,41). The highest BCUT2D eigenvalue weighted by Crippen LogP contribution is 2.28. The van der Waals surface area contributed by atoms with Gasteiger partial charge in [0.15, 0.2) is 6.20 Å². The van der Waals surface area contributed by atoms with Gasteiger partial charge in [0.05, 0.1) is 17.3 Å². The van der Waals surface area contributed by atoms with Gasteiger partial charge < -0.3 is 25.2 Å². The molecule has 4 rings (SSSR count). The number of likely N-dealkylation sites (tertiary alicyclic amines) is 1. The first-order valence-corrected chi connectivity index (χ1v) is 14.9. The second kappa shape index (κ2) is 14.7. The Bertz CT molecular complexity index is 1470. The zero-order chi connectivity index (χ0) is 30.9. The summed E-state index contributed by atoms with van der Waals surface area (Å²) in [7, 11) is 1.55. The van der Waals surface area contributed by atoms with Crippen LogP contribution in [0.25, 0.3) is 0 Å². The number of piperidine rings is 1. The summed E-state index contributed by atoms with van der Waals surface area (Å²) in [5.41, 5.74) is 6.43. The van der Waals surface area contributed by atoms with Crippen LogP contribution in [0.15, 0.2) is 65.9 Å². The summed E-state index contributed by atoms with van der Waals surface area (Å²) in [5.74, 6) is -0.197. The number of anilines is 1. The minimum Gasteiger partial charge on any atom is -0.618 e. The molecule has 1 saturated heterocycles. The van der Waals surface area contributed by atoms with E-state index in [9.17, 15) is 15.3 Å². The molecule has 226 valence electrons. The first kappa shape index (κ1) is 31.5. The van der Waals surface area contributed by atoms with Gasteiger partial charge >= 0.3 is 0 Å². The second-order valence-electron chi connectivity index (χ2n) is 11.3. The van der Waals surface area contributed by atoms with E-state index in [2.05, 4.69) is 63.6 Å². The molecular formula is C34H42N6O3. The second-order valence-corrected chi connectivity index (χ2v) is 11.3. The highest BCUT2D eigenvalue weighted by atomic mass is 16.6. The van der Waals surface area contributed by atoms with Crippen molar-refractivity contribution < 1.29 is 14.4 Å². The van der Waals surface area contributed by atoms with Crippen molar-refractivity contribution in [1.82, 2.24) is 10.2 Å². The average molecular weight is 583 g/mol. The number of oxime groups is 1. The SMILES string of the molecule is CON=C(C)c1ccc(N(Cc2cccc(C#N)c2)C2CCN(C(C)CCNC(=O)c3c(C)cc[n+]([O-])c3C)CC2)cc1. The third kappa shape index (κ3) is 7.90. The number of carbonyl (C=O) groups is 1. The molecule has 2 aromatic carbocycles. The zero-order valence-electron chi connectivity index (χ0n) is 25.8. The van der Waals surface area contributed by atoms with Gasteiger partial charge in [-0.3, -0.25) is 4.79 Å². The Balaban J connectivity index is 1.39. The molecule has 3 aromatic rings. The van der Waals surface area contributed by atoms with Gasteiger partial charge in [-0.2, -0.15) is 9.99 Å². The lowest BCUT2D eigenvalue weighted by molar-refractivity contribution is -0.612. The van der Waals surface area contributed by atoms with E-state index in [0.29, 0.717) is 42.0 Å². The van der Waals surface area contributed by atoms with Crippen LogP contribution in [-0.2, 0) is 11.4 Å². The molecule has 1 N–H and O–H groups in total. The van der Waals surface area contributed by atoms with Crippen LogP contribution in [-0.4, -0.2) is 55.3 Å². The summed E-state index contributed by atoms with van der Waals surface area (Å²) in [6, 6.07) is 20.9. The topological polar surface area (TPSA) is 108 Å². The Kier molecular flexibility index (Phi) is 10.7. The van der Waals surface area contributed by atoms with Gasteiger partial charge in [0, 0.05) is 56.9 Å². The summed E-state index contributed by atoms with van der Waals surface area (Å²) in [4.78, 5) is 22.7. The first-order valence-electron chi connectivity index (χ1n) is 14.9. The maximum atomic E-state index is 12.8. The van der Waals surface area contributed by atoms with Crippen molar-refractivity contribution in [3.8, 4) is 6.07 Å². The molecule has 1 fully saturated rings. The van der Waals surface area contributed by atoms with Gasteiger partial charge in [-0.05, 0) is 81.0 Å². The predicted molar refractivity (Wildman–Crippen MR) is 169 cm³/mol. The van der Waals surface area contributed by atoms with E-state index in [4.69, 9.17) is 4.84 Å². The van der Waals surface area contributed by atoms with Gasteiger partial charge in [0.1, 0.15) is 12.7 Å². The van der Waals surface area contributed by atoms with E-state index in [-0.39, 0.29) is 5.91 Å². The Morgan fingerprint density at radius 2 is 1.93 bits per heavy atom. The van der Waals surface area contributed by atoms with Gasteiger partial charge in [-0.25, -0.2) is 0 Å². The Morgan fingerprint density at radius 3 is 2.60 bits per heavy atom. The molecule has 1 aliphatic heterocycles. The van der Waals surface area contributed by atoms with Crippen molar-refractivity contribution in [3.63, 3.8) is 0 Å². The molecule has 0 aliphatic carbocycles. The van der Waals surface area contributed by atoms with E-state index in [1.807, 2.05) is 32.0 Å². The molecule has 1 aliphatic rings. The number of benzene rings is 2. The molecular weight excluding hydrogens is 540 g/mol. The number of hydrogen-bond acceptors (Lipinski definition) is 7. The Labute approximate surface area is 255 Å². The van der Waals surface area contributed by atoms with Gasteiger partial charge in [-0.1, -0.05) is 29.4 Å². The van der Waals surface area contributed by atoms with E-state index in [1.165, 1.54) is 6.20 Å². The molecule has 9 nitrogen and oxygen atoms in total. The molecule has 1 amide bonds. The molecule has 1 aromatic heterocycles. The number of carbonyl (C=O) groups excluding carboxylic acids is 1. The molecule has 1 atom stereocenters. The maximum Gasteiger partial charge on any atom is 0.257 e. The van der Waals surface area contributed by atoms with Crippen LogP contribution in [0.2, 0.25) is 0 Å². The van der Waals surface area contributed by atoms with Crippen molar-refractivity contribution in [3.05, 3.63) is 99.5 Å². The number of nitriles is 1. The molecule has 1 unspecified atom stereocenters. The highest BCUT2D eigenvalue weighted by molar-refractivity contribution is 5.98. The number of rotatable bonds is 11. The Morgan fingerprint density at radius 1 is 1.21 bits per heavy atom. The van der Waals surface area contributed by atoms with Crippen LogP contribution in [0.1, 0.15) is 71.4 Å². The smallest absolute Gasteiger partial charge is 0.257 e. The number of nitrogens with zero attached hydrogens (tertiary/aromatic N) is 5. The summed E-state index contributed by atoms with van der Waals surface area (Å²) >= 11 is 0. The lowest BCUT2D eigenvalue weighted by atomic mass is 9.98. The van der Waals surface area contributed by atoms with E-state index in [0.717, 1.165) is 65.2 Å². The fourth-order valence-electron chi connectivity index (χ4n) is 5.87. The van der Waals surface area contributed by atoms with Crippen LogP contribution in [0.4, 0.5) is 5.69 Å². The normalized spacial score (nSPS) is 15.0. The molecule has 43 heavy (non-hydrogen) atoms. The number of aryl methyl sites for hydroxylation is 1. The van der Waals surface area contributed by atoms with Crippen LogP contribution in [0, 0.1) is 30.4 Å². The monoisotopic (exact) mass is 582 g/mol. The number of pyridine rings is 1. The van der Waals surface area contributed by atoms with Crippen LogP contribution in [0.5, 0.6) is 0 Å². The molecule has 2 heterocycles. The number of amides is 1. The molecule has 0 bridgehead atoms. The molecule has 9 heteroatoms. The predicted octanol–water partition coefficient (Wildman–Crippen LogP) is 4.86. The minimum atomic E-state index is -0.197.